The molecule has 4 heteroatoms. The van der Waals surface area contributed by atoms with Gasteiger partial charge < -0.3 is 9.84 Å². The van der Waals surface area contributed by atoms with Crippen molar-refractivity contribution in [2.75, 3.05) is 14.2 Å². The number of aliphatic imine (C=N–C) groups is 1. The quantitative estimate of drug-likeness (QED) is 0.693. The molecule has 1 N–H and O–H groups in total. The van der Waals surface area contributed by atoms with Gasteiger partial charge in [0.15, 0.2) is 11.5 Å². The van der Waals surface area contributed by atoms with Crippen molar-refractivity contribution in [3.05, 3.63) is 47.5 Å². The summed E-state index contributed by atoms with van der Waals surface area (Å²) in [7, 11) is 3.68. The summed E-state index contributed by atoms with van der Waals surface area (Å²) in [5.41, 5.74) is 2.29. The lowest BCUT2D eigenvalue weighted by molar-refractivity contribution is 0.375. The van der Waals surface area contributed by atoms with Crippen LogP contribution < -0.4 is 15.3 Å². The molecule has 0 radical (unpaired) electrons. The maximum absolute atomic E-state index is 10.2. The van der Waals surface area contributed by atoms with Crippen molar-refractivity contribution >= 4 is 25.4 Å². The smallest absolute Gasteiger partial charge is 0.165 e. The summed E-state index contributed by atoms with van der Waals surface area (Å²) in [5.74, 6) is 0.727. The number of methoxy groups -OCH3 is 1. The van der Waals surface area contributed by atoms with E-state index in [2.05, 4.69) is 18.0 Å². The number of aromatic hydroxyl groups is 1. The van der Waals surface area contributed by atoms with Crippen molar-refractivity contribution in [1.82, 2.24) is 0 Å². The van der Waals surface area contributed by atoms with Crippen molar-refractivity contribution in [3.8, 4) is 11.5 Å². The maximum atomic E-state index is 10.2. The largest absolute Gasteiger partial charge is 0.504 e. The molecule has 2 aromatic rings. The van der Waals surface area contributed by atoms with Crippen LogP contribution in [0, 0.1) is 6.92 Å². The van der Waals surface area contributed by atoms with Crippen molar-refractivity contribution in [3.63, 3.8) is 0 Å². The third kappa shape index (κ3) is 3.00. The third-order valence-corrected chi connectivity index (χ3v) is 4.66. The first-order chi connectivity index (χ1) is 9.67. The minimum Gasteiger partial charge on any atom is -0.504 e. The molecule has 0 aliphatic heterocycles. The highest BCUT2D eigenvalue weighted by atomic mass is 31.1. The van der Waals surface area contributed by atoms with Crippen LogP contribution in [0.25, 0.3) is 0 Å². The van der Waals surface area contributed by atoms with Gasteiger partial charge in [0, 0.05) is 24.1 Å². The van der Waals surface area contributed by atoms with E-state index in [1.807, 2.05) is 30.5 Å². The Balaban J connectivity index is 2.45. The molecule has 0 saturated carbocycles. The molecule has 0 fully saturated rings. The van der Waals surface area contributed by atoms with E-state index < -0.39 is 0 Å². The van der Waals surface area contributed by atoms with Crippen LogP contribution in [0.2, 0.25) is 0 Å². The first-order valence-corrected chi connectivity index (χ1v) is 7.32. The Hall–Kier alpha value is -1.86. The van der Waals surface area contributed by atoms with E-state index in [-0.39, 0.29) is 5.75 Å². The lowest BCUT2D eigenvalue weighted by Crippen LogP contribution is -2.12. The number of benzene rings is 2. The topological polar surface area (TPSA) is 41.8 Å². The molecular weight excluding hydrogens is 269 g/mol. The zero-order valence-electron chi connectivity index (χ0n) is 11.8. The number of phenols is 1. The molecule has 0 amide bonds. The predicted octanol–water partition coefficient (Wildman–Crippen LogP) is 2.39. The van der Waals surface area contributed by atoms with E-state index in [9.17, 15) is 5.11 Å². The minimum atomic E-state index is 0.218. The Morgan fingerprint density at radius 2 is 1.95 bits per heavy atom. The summed E-state index contributed by atoms with van der Waals surface area (Å²) < 4.78 is 5.16. The van der Waals surface area contributed by atoms with E-state index in [1.165, 1.54) is 10.9 Å². The van der Waals surface area contributed by atoms with Crippen LogP contribution in [-0.2, 0) is 0 Å². The Morgan fingerprint density at radius 1 is 1.20 bits per heavy atom. The number of phenolic OH excluding ortho intramolecular Hbond substituents is 1. The van der Waals surface area contributed by atoms with Crippen molar-refractivity contribution < 1.29 is 9.84 Å². The zero-order chi connectivity index (χ0) is 14.5. The molecule has 0 heterocycles. The molecule has 0 aromatic heterocycles. The summed E-state index contributed by atoms with van der Waals surface area (Å²) in [6, 6.07) is 11.7. The monoisotopic (exact) mass is 287 g/mol. The molecule has 0 spiro atoms. The molecule has 2 aromatic carbocycles. The third-order valence-electron chi connectivity index (χ3n) is 3.05. The molecule has 1 atom stereocenters. The standard InChI is InChI=1S/C16H18NO2P/c1-11-6-4-7-12(10-17-2)16(11)20-14-9-5-8-13(19-3)15(14)18/h4-10,18,20H,1-3H3. The minimum absolute atomic E-state index is 0.218. The lowest BCUT2D eigenvalue weighted by Gasteiger charge is -2.12. The van der Waals surface area contributed by atoms with E-state index >= 15 is 0 Å². The second-order valence-corrected chi connectivity index (χ2v) is 5.70. The van der Waals surface area contributed by atoms with Crippen molar-refractivity contribution in [1.29, 1.82) is 0 Å². The van der Waals surface area contributed by atoms with E-state index in [0.717, 1.165) is 10.9 Å². The number of ether oxygens (including phenoxy) is 1. The second-order valence-electron chi connectivity index (χ2n) is 4.41. The van der Waals surface area contributed by atoms with Crippen LogP contribution in [-0.4, -0.2) is 25.5 Å². The number of hydrogen-bond acceptors (Lipinski definition) is 3. The van der Waals surface area contributed by atoms with Gasteiger partial charge in [-0.3, -0.25) is 4.99 Å². The van der Waals surface area contributed by atoms with E-state index in [4.69, 9.17) is 4.74 Å². The van der Waals surface area contributed by atoms with Gasteiger partial charge in [-0.1, -0.05) is 38.9 Å². The van der Waals surface area contributed by atoms with Gasteiger partial charge in [0.25, 0.3) is 0 Å². The van der Waals surface area contributed by atoms with Crippen LogP contribution in [0.4, 0.5) is 0 Å². The average molecular weight is 287 g/mol. The highest BCUT2D eigenvalue weighted by molar-refractivity contribution is 7.56. The molecule has 3 nitrogen and oxygen atoms in total. The van der Waals surface area contributed by atoms with Crippen molar-refractivity contribution in [2.24, 2.45) is 4.99 Å². The summed E-state index contributed by atoms with van der Waals surface area (Å²) >= 11 is 0. The summed E-state index contributed by atoms with van der Waals surface area (Å²) in [6.45, 7) is 2.08. The van der Waals surface area contributed by atoms with Gasteiger partial charge in [0.05, 0.1) is 7.11 Å². The van der Waals surface area contributed by atoms with E-state index in [0.29, 0.717) is 14.3 Å². The van der Waals surface area contributed by atoms with Gasteiger partial charge in [0.2, 0.25) is 0 Å². The highest BCUT2D eigenvalue weighted by Gasteiger charge is 2.11. The van der Waals surface area contributed by atoms with Gasteiger partial charge >= 0.3 is 0 Å². The molecule has 0 aliphatic rings. The Bertz CT molecular complexity index is 638. The van der Waals surface area contributed by atoms with Crippen LogP contribution in [0.3, 0.4) is 0 Å². The number of rotatable bonds is 4. The van der Waals surface area contributed by atoms with Gasteiger partial charge in [-0.2, -0.15) is 0 Å². The maximum Gasteiger partial charge on any atom is 0.165 e. The molecule has 0 saturated heterocycles. The Morgan fingerprint density at radius 3 is 2.65 bits per heavy atom. The molecule has 104 valence electrons. The van der Waals surface area contributed by atoms with Gasteiger partial charge in [-0.15, -0.1) is 0 Å². The first kappa shape index (κ1) is 14.5. The summed E-state index contributed by atoms with van der Waals surface area (Å²) in [4.78, 5) is 4.10. The van der Waals surface area contributed by atoms with Crippen LogP contribution in [0.1, 0.15) is 11.1 Å². The first-order valence-electron chi connectivity index (χ1n) is 6.32. The summed E-state index contributed by atoms with van der Waals surface area (Å²) in [5, 5.41) is 12.3. The molecule has 20 heavy (non-hydrogen) atoms. The van der Waals surface area contributed by atoms with Gasteiger partial charge in [-0.05, 0) is 23.9 Å². The number of hydrogen-bond donors (Lipinski definition) is 1. The second kappa shape index (κ2) is 6.53. The molecule has 1 unspecified atom stereocenters. The number of para-hydroxylation sites is 1. The predicted molar refractivity (Wildman–Crippen MR) is 86.9 cm³/mol. The Kier molecular flexibility index (Phi) is 4.75. The molecule has 2 rings (SSSR count). The Labute approximate surface area is 121 Å². The van der Waals surface area contributed by atoms with Crippen LogP contribution in [0.15, 0.2) is 41.4 Å². The van der Waals surface area contributed by atoms with Crippen LogP contribution in [0.5, 0.6) is 11.5 Å². The average Bonchev–Trinajstić information content (AvgIpc) is 2.44. The fourth-order valence-electron chi connectivity index (χ4n) is 2.03. The fourth-order valence-corrected chi connectivity index (χ4v) is 3.29. The number of aryl methyl sites for hydroxylation is 1. The fraction of sp³-hybridized carbons (Fsp3) is 0.188. The summed E-state index contributed by atoms with van der Waals surface area (Å²) in [6.07, 6.45) is 1.85. The van der Waals surface area contributed by atoms with Crippen LogP contribution >= 0.6 is 8.58 Å². The van der Waals surface area contributed by atoms with Crippen molar-refractivity contribution in [2.45, 2.75) is 6.92 Å². The molecule has 0 bridgehead atoms. The molecule has 0 aliphatic carbocycles. The van der Waals surface area contributed by atoms with E-state index in [1.54, 1.807) is 20.2 Å². The number of nitrogens with zero attached hydrogens (tertiary/aromatic N) is 1. The normalized spacial score (nSPS) is 11.6. The molecular formula is C16H18NO2P. The van der Waals surface area contributed by atoms with Gasteiger partial charge in [0.1, 0.15) is 0 Å². The highest BCUT2D eigenvalue weighted by Crippen LogP contribution is 2.29. The lowest BCUT2D eigenvalue weighted by atomic mass is 10.1. The SMILES string of the molecule is CN=Cc1cccc(C)c1Pc1cccc(OC)c1O. The zero-order valence-corrected chi connectivity index (χ0v) is 12.8. The van der Waals surface area contributed by atoms with Gasteiger partial charge in [-0.25, -0.2) is 0 Å².